The van der Waals surface area contributed by atoms with E-state index in [1.54, 1.807) is 12.0 Å². The van der Waals surface area contributed by atoms with E-state index in [0.29, 0.717) is 36.0 Å². The topological polar surface area (TPSA) is 66.8 Å². The normalized spacial score (nSPS) is 21.1. The zero-order valence-electron chi connectivity index (χ0n) is 17.0. The first-order chi connectivity index (χ1) is 14.9. The average Bonchev–Trinajstić information content (AvgIpc) is 3.57. The molecule has 31 heavy (non-hydrogen) atoms. The molecule has 1 amide bonds. The van der Waals surface area contributed by atoms with Gasteiger partial charge in [-0.1, -0.05) is 53.2 Å². The molecule has 1 aliphatic heterocycles. The number of carbonyl (C=O) groups excluding carboxylic acids is 1. The molecule has 1 saturated carbocycles. The summed E-state index contributed by atoms with van der Waals surface area (Å²) in [6.45, 7) is 1.00. The Labute approximate surface area is 195 Å². The van der Waals surface area contributed by atoms with Gasteiger partial charge < -0.3 is 14.7 Å². The molecule has 1 aliphatic carbocycles. The summed E-state index contributed by atoms with van der Waals surface area (Å²) >= 11 is 14.7. The molecule has 2 aromatic carbocycles. The van der Waals surface area contributed by atoms with Crippen LogP contribution in [0.25, 0.3) is 0 Å². The fourth-order valence-electron chi connectivity index (χ4n) is 4.13. The summed E-state index contributed by atoms with van der Waals surface area (Å²) in [5, 5.41) is 10.1. The second-order valence-electron chi connectivity index (χ2n) is 7.92. The highest BCUT2D eigenvalue weighted by Crippen LogP contribution is 2.53. The van der Waals surface area contributed by atoms with E-state index in [9.17, 15) is 9.59 Å². The molecule has 2 fully saturated rings. The molecule has 4 rings (SSSR count). The van der Waals surface area contributed by atoms with E-state index >= 15 is 0 Å². The van der Waals surface area contributed by atoms with Gasteiger partial charge in [-0.05, 0) is 48.9 Å². The van der Waals surface area contributed by atoms with E-state index in [2.05, 4.69) is 0 Å². The van der Waals surface area contributed by atoms with Crippen molar-refractivity contribution in [3.63, 3.8) is 0 Å². The lowest BCUT2D eigenvalue weighted by Gasteiger charge is -2.30. The predicted molar refractivity (Wildman–Crippen MR) is 121 cm³/mol. The molecule has 164 valence electrons. The van der Waals surface area contributed by atoms with Crippen molar-refractivity contribution >= 4 is 46.8 Å². The third-order valence-corrected chi connectivity index (χ3v) is 8.15. The number of rotatable bonds is 6. The second kappa shape index (κ2) is 9.31. The zero-order chi connectivity index (χ0) is 22.1. The Morgan fingerprint density at radius 2 is 1.77 bits per heavy atom. The Kier molecular flexibility index (Phi) is 6.70. The van der Waals surface area contributed by atoms with Crippen molar-refractivity contribution in [3.05, 3.63) is 52.0 Å². The Balaban J connectivity index is 1.44. The smallest absolute Gasteiger partial charge is 0.306 e. The molecule has 1 heterocycles. The van der Waals surface area contributed by atoms with Crippen LogP contribution in [0.5, 0.6) is 5.75 Å². The van der Waals surface area contributed by atoms with Crippen LogP contribution in [0.1, 0.15) is 30.7 Å². The summed E-state index contributed by atoms with van der Waals surface area (Å²) in [4.78, 5) is 27.6. The lowest BCUT2D eigenvalue weighted by atomic mass is 9.96. The standard InChI is InChI=1S/C23H23Cl2NO4S/c1-30-17-4-2-3-5-18(17)31-19-7-6-14(20(24)21(19)25)15-12-16(15)22(27)26-10-8-13(9-11-26)23(28)29/h2-7,13,15-16H,8-12H2,1H3,(H,28,29). The molecule has 2 atom stereocenters. The van der Waals surface area contributed by atoms with Crippen molar-refractivity contribution in [1.29, 1.82) is 0 Å². The minimum absolute atomic E-state index is 0.0556. The number of carboxylic acids is 1. The van der Waals surface area contributed by atoms with Crippen molar-refractivity contribution in [2.45, 2.75) is 35.0 Å². The van der Waals surface area contributed by atoms with E-state index in [1.165, 1.54) is 11.8 Å². The van der Waals surface area contributed by atoms with Gasteiger partial charge in [0.15, 0.2) is 0 Å². The molecule has 0 spiro atoms. The number of methoxy groups -OCH3 is 1. The van der Waals surface area contributed by atoms with Gasteiger partial charge in [-0.25, -0.2) is 0 Å². The molecule has 0 bridgehead atoms. The SMILES string of the molecule is COc1ccccc1Sc1ccc(C2CC2C(=O)N2CCC(C(=O)O)CC2)c(Cl)c1Cl. The number of amides is 1. The van der Waals surface area contributed by atoms with E-state index < -0.39 is 5.97 Å². The van der Waals surface area contributed by atoms with Gasteiger partial charge in [0.1, 0.15) is 5.75 Å². The first kappa shape index (κ1) is 22.3. The van der Waals surface area contributed by atoms with Gasteiger partial charge in [-0.2, -0.15) is 0 Å². The number of benzene rings is 2. The fraction of sp³-hybridized carbons (Fsp3) is 0.391. The molecule has 0 aromatic heterocycles. The fourth-order valence-corrected chi connectivity index (χ4v) is 5.74. The summed E-state index contributed by atoms with van der Waals surface area (Å²) in [6.07, 6.45) is 1.77. The van der Waals surface area contributed by atoms with Gasteiger partial charge >= 0.3 is 5.97 Å². The molecule has 2 unspecified atom stereocenters. The molecule has 1 N–H and O–H groups in total. The van der Waals surface area contributed by atoms with Crippen molar-refractivity contribution in [3.8, 4) is 5.75 Å². The largest absolute Gasteiger partial charge is 0.496 e. The number of piperidine rings is 1. The van der Waals surface area contributed by atoms with Crippen LogP contribution in [0, 0.1) is 11.8 Å². The van der Waals surface area contributed by atoms with Crippen LogP contribution in [-0.2, 0) is 9.59 Å². The Morgan fingerprint density at radius 3 is 2.45 bits per heavy atom. The van der Waals surface area contributed by atoms with E-state index in [4.69, 9.17) is 33.0 Å². The Bertz CT molecular complexity index is 1010. The highest BCUT2D eigenvalue weighted by Gasteiger charge is 2.47. The highest BCUT2D eigenvalue weighted by molar-refractivity contribution is 7.99. The number of hydrogen-bond donors (Lipinski definition) is 1. The maximum absolute atomic E-state index is 12.9. The lowest BCUT2D eigenvalue weighted by Crippen LogP contribution is -2.41. The van der Waals surface area contributed by atoms with Crippen LogP contribution in [0.4, 0.5) is 0 Å². The molecule has 1 saturated heterocycles. The average molecular weight is 480 g/mol. The van der Waals surface area contributed by atoms with Gasteiger partial charge in [0, 0.05) is 23.9 Å². The summed E-state index contributed by atoms with van der Waals surface area (Å²) in [6, 6.07) is 11.6. The first-order valence-electron chi connectivity index (χ1n) is 10.2. The summed E-state index contributed by atoms with van der Waals surface area (Å²) in [5.41, 5.74) is 0.898. The molecular weight excluding hydrogens is 457 g/mol. The number of likely N-dealkylation sites (tertiary alicyclic amines) is 1. The number of nitrogens with zero attached hydrogens (tertiary/aromatic N) is 1. The van der Waals surface area contributed by atoms with E-state index in [-0.39, 0.29) is 23.7 Å². The Morgan fingerprint density at radius 1 is 1.06 bits per heavy atom. The van der Waals surface area contributed by atoms with Crippen LogP contribution in [-0.4, -0.2) is 42.1 Å². The zero-order valence-corrected chi connectivity index (χ0v) is 19.3. The minimum Gasteiger partial charge on any atom is -0.496 e. The quantitative estimate of drug-likeness (QED) is 0.585. The van der Waals surface area contributed by atoms with Crippen molar-refractivity contribution in [1.82, 2.24) is 4.90 Å². The summed E-state index contributed by atoms with van der Waals surface area (Å²) in [7, 11) is 1.63. The van der Waals surface area contributed by atoms with Gasteiger partial charge in [-0.15, -0.1) is 0 Å². The van der Waals surface area contributed by atoms with Crippen LogP contribution < -0.4 is 4.74 Å². The molecule has 8 heteroatoms. The maximum atomic E-state index is 12.9. The number of halogens is 2. The number of carbonyl (C=O) groups is 2. The third-order valence-electron chi connectivity index (χ3n) is 6.03. The van der Waals surface area contributed by atoms with Gasteiger partial charge in [0.05, 0.1) is 28.0 Å². The number of carboxylic acid groups (broad SMARTS) is 1. The van der Waals surface area contributed by atoms with Crippen molar-refractivity contribution in [2.75, 3.05) is 20.2 Å². The second-order valence-corrected chi connectivity index (χ2v) is 9.76. The van der Waals surface area contributed by atoms with Crippen molar-refractivity contribution < 1.29 is 19.4 Å². The molecule has 2 aliphatic rings. The lowest BCUT2D eigenvalue weighted by molar-refractivity contribution is -0.146. The van der Waals surface area contributed by atoms with Gasteiger partial charge in [0.2, 0.25) is 5.91 Å². The number of para-hydroxylation sites is 1. The molecular formula is C23H23Cl2NO4S. The van der Waals surface area contributed by atoms with E-state index in [0.717, 1.165) is 27.5 Å². The van der Waals surface area contributed by atoms with Gasteiger partial charge in [-0.3, -0.25) is 9.59 Å². The van der Waals surface area contributed by atoms with Crippen molar-refractivity contribution in [2.24, 2.45) is 11.8 Å². The summed E-state index contributed by atoms with van der Waals surface area (Å²) < 4.78 is 5.41. The van der Waals surface area contributed by atoms with Gasteiger partial charge in [0.25, 0.3) is 0 Å². The monoisotopic (exact) mass is 479 g/mol. The Hall–Kier alpha value is -1.89. The molecule has 5 nitrogen and oxygen atoms in total. The number of aliphatic carboxylic acids is 1. The first-order valence-corrected chi connectivity index (χ1v) is 11.8. The van der Waals surface area contributed by atoms with Crippen LogP contribution >= 0.6 is 35.0 Å². The third kappa shape index (κ3) is 4.66. The van der Waals surface area contributed by atoms with E-state index in [1.807, 2.05) is 36.4 Å². The highest BCUT2D eigenvalue weighted by atomic mass is 35.5. The minimum atomic E-state index is -0.774. The maximum Gasteiger partial charge on any atom is 0.306 e. The summed E-state index contributed by atoms with van der Waals surface area (Å²) in [5.74, 6) is -0.316. The van der Waals surface area contributed by atoms with Crippen LogP contribution in [0.2, 0.25) is 10.0 Å². The molecule has 0 radical (unpaired) electrons. The van der Waals surface area contributed by atoms with Crippen LogP contribution in [0.15, 0.2) is 46.2 Å². The number of ether oxygens (including phenoxy) is 1. The predicted octanol–water partition coefficient (Wildman–Crippen LogP) is 5.58. The van der Waals surface area contributed by atoms with Crippen LogP contribution in [0.3, 0.4) is 0 Å². The number of hydrogen-bond acceptors (Lipinski definition) is 4. The molecule has 2 aromatic rings.